The van der Waals surface area contributed by atoms with Gasteiger partial charge in [-0.2, -0.15) is 10.2 Å². The van der Waals surface area contributed by atoms with Crippen molar-refractivity contribution in [3.63, 3.8) is 0 Å². The van der Waals surface area contributed by atoms with Crippen molar-refractivity contribution in [1.82, 2.24) is 20.0 Å². The maximum absolute atomic E-state index is 11.3. The molecular formula is C12H13N5O. The van der Waals surface area contributed by atoms with Gasteiger partial charge in [-0.15, -0.1) is 6.58 Å². The Morgan fingerprint density at radius 3 is 3.17 bits per heavy atom. The number of H-pyrrole nitrogens is 1. The van der Waals surface area contributed by atoms with Crippen LogP contribution in [0.1, 0.15) is 21.7 Å². The van der Waals surface area contributed by atoms with Crippen molar-refractivity contribution in [3.05, 3.63) is 35.8 Å². The van der Waals surface area contributed by atoms with Crippen molar-refractivity contribution < 1.29 is 4.79 Å². The average molecular weight is 243 g/mol. The van der Waals surface area contributed by atoms with Gasteiger partial charge in [-0.05, 0) is 12.8 Å². The molecule has 2 aromatic heterocycles. The van der Waals surface area contributed by atoms with Crippen LogP contribution in [0.15, 0.2) is 18.9 Å². The quantitative estimate of drug-likeness (QED) is 0.776. The van der Waals surface area contributed by atoms with Crippen molar-refractivity contribution in [1.29, 1.82) is 0 Å². The monoisotopic (exact) mass is 243 g/mol. The van der Waals surface area contributed by atoms with Gasteiger partial charge in [0.25, 0.3) is 5.91 Å². The molecule has 1 aliphatic carbocycles. The van der Waals surface area contributed by atoms with E-state index in [0.29, 0.717) is 12.2 Å². The molecule has 0 aliphatic heterocycles. The van der Waals surface area contributed by atoms with Crippen LogP contribution in [0.4, 0.5) is 0 Å². The first-order valence-electron chi connectivity index (χ1n) is 5.75. The highest BCUT2D eigenvalue weighted by atomic mass is 16.1. The third kappa shape index (κ3) is 1.38. The molecular weight excluding hydrogens is 230 g/mol. The average Bonchev–Trinajstić information content (AvgIpc) is 2.92. The first-order chi connectivity index (χ1) is 8.72. The van der Waals surface area contributed by atoms with Crippen LogP contribution in [0.2, 0.25) is 0 Å². The van der Waals surface area contributed by atoms with E-state index in [0.717, 1.165) is 35.4 Å². The largest absolute Gasteiger partial charge is 0.364 e. The minimum atomic E-state index is -0.467. The van der Waals surface area contributed by atoms with E-state index in [2.05, 4.69) is 21.9 Å². The van der Waals surface area contributed by atoms with E-state index in [1.54, 1.807) is 6.20 Å². The number of carbonyl (C=O) groups excluding carboxylic acids is 1. The molecule has 18 heavy (non-hydrogen) atoms. The molecule has 0 saturated heterocycles. The van der Waals surface area contributed by atoms with Crippen molar-refractivity contribution in [2.75, 3.05) is 0 Å². The molecule has 6 heteroatoms. The topological polar surface area (TPSA) is 89.6 Å². The predicted molar refractivity (Wildman–Crippen MR) is 65.9 cm³/mol. The zero-order chi connectivity index (χ0) is 12.7. The second kappa shape index (κ2) is 3.83. The molecule has 2 heterocycles. The number of carbonyl (C=O) groups is 1. The Labute approximate surface area is 103 Å². The Bertz CT molecular complexity index is 637. The van der Waals surface area contributed by atoms with Gasteiger partial charge >= 0.3 is 0 Å². The number of nitrogens with zero attached hydrogens (tertiary/aromatic N) is 3. The summed E-state index contributed by atoms with van der Waals surface area (Å²) in [5.74, 6) is -0.467. The molecule has 0 fully saturated rings. The van der Waals surface area contributed by atoms with E-state index in [1.807, 2.05) is 10.8 Å². The number of aromatic nitrogens is 4. The molecule has 2 aromatic rings. The molecule has 0 saturated carbocycles. The van der Waals surface area contributed by atoms with Gasteiger partial charge in [-0.25, -0.2) is 0 Å². The Morgan fingerprint density at radius 1 is 1.61 bits per heavy atom. The fourth-order valence-corrected chi connectivity index (χ4v) is 2.43. The molecule has 0 radical (unpaired) electrons. The first kappa shape index (κ1) is 10.8. The predicted octanol–water partition coefficient (Wildman–Crippen LogP) is 0.657. The molecule has 0 atom stereocenters. The fraction of sp³-hybridized carbons (Fsp3) is 0.250. The Balaban J connectivity index is 2.13. The molecule has 0 unspecified atom stereocenters. The van der Waals surface area contributed by atoms with Gasteiger partial charge in [0.2, 0.25) is 0 Å². The first-order valence-corrected chi connectivity index (χ1v) is 5.75. The number of amides is 1. The minimum absolute atomic E-state index is 0.409. The summed E-state index contributed by atoms with van der Waals surface area (Å²) in [6, 6.07) is 0. The molecule has 0 bridgehead atoms. The van der Waals surface area contributed by atoms with E-state index in [-0.39, 0.29) is 0 Å². The third-order valence-corrected chi connectivity index (χ3v) is 3.23. The summed E-state index contributed by atoms with van der Waals surface area (Å²) in [6.45, 7) is 4.39. The van der Waals surface area contributed by atoms with Gasteiger partial charge < -0.3 is 5.73 Å². The van der Waals surface area contributed by atoms with Crippen molar-refractivity contribution in [3.8, 4) is 11.3 Å². The van der Waals surface area contributed by atoms with Crippen LogP contribution in [0.3, 0.4) is 0 Å². The van der Waals surface area contributed by atoms with Crippen molar-refractivity contribution >= 4 is 5.91 Å². The number of nitrogens with two attached hydrogens (primary N) is 1. The summed E-state index contributed by atoms with van der Waals surface area (Å²) in [4.78, 5) is 11.3. The third-order valence-electron chi connectivity index (χ3n) is 3.23. The number of aromatic amines is 1. The Morgan fingerprint density at radius 2 is 2.44 bits per heavy atom. The highest BCUT2D eigenvalue weighted by Crippen LogP contribution is 2.33. The van der Waals surface area contributed by atoms with Crippen LogP contribution < -0.4 is 5.73 Å². The second-order valence-corrected chi connectivity index (χ2v) is 4.27. The van der Waals surface area contributed by atoms with Gasteiger partial charge in [0, 0.05) is 16.8 Å². The van der Waals surface area contributed by atoms with Crippen LogP contribution >= 0.6 is 0 Å². The van der Waals surface area contributed by atoms with Crippen LogP contribution in [-0.4, -0.2) is 25.9 Å². The van der Waals surface area contributed by atoms with Crippen LogP contribution in [-0.2, 0) is 19.4 Å². The number of rotatable bonds is 3. The summed E-state index contributed by atoms with van der Waals surface area (Å²) >= 11 is 0. The standard InChI is InChI=1S/C12H13N5O/c1-2-5-17-9-4-3-7-10(8(9)6-14-17)15-16-11(7)12(13)18/h2,6H,1,3-5H2,(H2,13,18)(H,15,16). The lowest BCUT2D eigenvalue weighted by atomic mass is 9.94. The van der Waals surface area contributed by atoms with Gasteiger partial charge in [-0.1, -0.05) is 6.08 Å². The van der Waals surface area contributed by atoms with E-state index >= 15 is 0 Å². The molecule has 1 amide bonds. The molecule has 3 N–H and O–H groups in total. The van der Waals surface area contributed by atoms with E-state index in [9.17, 15) is 4.79 Å². The lowest BCUT2D eigenvalue weighted by Gasteiger charge is -2.13. The maximum Gasteiger partial charge on any atom is 0.267 e. The number of hydrogen-bond acceptors (Lipinski definition) is 3. The summed E-state index contributed by atoms with van der Waals surface area (Å²) in [5, 5.41) is 11.2. The molecule has 0 spiro atoms. The number of fused-ring (bicyclic) bond motifs is 3. The van der Waals surface area contributed by atoms with E-state index in [4.69, 9.17) is 5.73 Å². The van der Waals surface area contributed by atoms with Gasteiger partial charge in [-0.3, -0.25) is 14.6 Å². The van der Waals surface area contributed by atoms with Gasteiger partial charge in [0.1, 0.15) is 5.69 Å². The maximum atomic E-state index is 11.3. The molecule has 0 aromatic carbocycles. The molecule has 1 aliphatic rings. The number of nitrogens with one attached hydrogen (secondary N) is 1. The van der Waals surface area contributed by atoms with Crippen LogP contribution in [0.5, 0.6) is 0 Å². The van der Waals surface area contributed by atoms with Crippen molar-refractivity contribution in [2.24, 2.45) is 5.73 Å². The van der Waals surface area contributed by atoms with Crippen LogP contribution in [0, 0.1) is 0 Å². The summed E-state index contributed by atoms with van der Waals surface area (Å²) in [5.41, 5.74) is 9.51. The van der Waals surface area contributed by atoms with Gasteiger partial charge in [0.05, 0.1) is 18.4 Å². The zero-order valence-electron chi connectivity index (χ0n) is 9.81. The number of hydrogen-bond donors (Lipinski definition) is 2. The number of allylic oxidation sites excluding steroid dienone is 1. The second-order valence-electron chi connectivity index (χ2n) is 4.27. The SMILES string of the molecule is C=CCn1ncc2c1CCc1c-2n[nH]c1C(N)=O. The Kier molecular flexibility index (Phi) is 2.29. The van der Waals surface area contributed by atoms with E-state index in [1.165, 1.54) is 0 Å². The lowest BCUT2D eigenvalue weighted by molar-refractivity contribution is 0.0994. The number of primary amides is 1. The van der Waals surface area contributed by atoms with Gasteiger partial charge in [0.15, 0.2) is 0 Å². The normalized spacial score (nSPS) is 12.9. The smallest absolute Gasteiger partial charge is 0.267 e. The molecule has 3 rings (SSSR count). The van der Waals surface area contributed by atoms with E-state index < -0.39 is 5.91 Å². The van der Waals surface area contributed by atoms with Crippen molar-refractivity contribution in [2.45, 2.75) is 19.4 Å². The minimum Gasteiger partial charge on any atom is -0.364 e. The Hall–Kier alpha value is -2.37. The summed E-state index contributed by atoms with van der Waals surface area (Å²) < 4.78 is 1.91. The summed E-state index contributed by atoms with van der Waals surface area (Å²) in [7, 11) is 0. The zero-order valence-corrected chi connectivity index (χ0v) is 9.81. The lowest BCUT2D eigenvalue weighted by Crippen LogP contribution is -2.16. The fourth-order valence-electron chi connectivity index (χ4n) is 2.43. The van der Waals surface area contributed by atoms with Crippen LogP contribution in [0.25, 0.3) is 11.3 Å². The molecule has 92 valence electrons. The highest BCUT2D eigenvalue weighted by Gasteiger charge is 2.26. The highest BCUT2D eigenvalue weighted by molar-refractivity contribution is 5.94. The molecule has 6 nitrogen and oxygen atoms in total. The summed E-state index contributed by atoms with van der Waals surface area (Å²) in [6.07, 6.45) is 5.17.